The smallest absolute Gasteiger partial charge is 0.246 e. The molecule has 2 heterocycles. The standard InChI is InChI=1S/C19H21BrN4O3/c1-2-16(26)24-7-8-27-10-14(24)18-17(20)12(19(22)23-18)9-13(21)11-5-3-4-6-15(11)25/h2-6,9,14,23,25H,1,7-8,10,21-22H2/b13-9-. The molecule has 1 aliphatic heterocycles. The van der Waals surface area contributed by atoms with Crippen molar-refractivity contribution in [1.29, 1.82) is 0 Å². The SMILES string of the molecule is C=CC(=O)N1CCOCC1c1[nH]c(N)c(/C=C(\N)c2ccccc2O)c1Br. The van der Waals surface area contributed by atoms with Gasteiger partial charge in [-0.2, -0.15) is 0 Å². The Morgan fingerprint density at radius 1 is 1.44 bits per heavy atom. The number of aromatic nitrogens is 1. The number of morpholine rings is 1. The van der Waals surface area contributed by atoms with Crippen LogP contribution in [0, 0.1) is 0 Å². The number of para-hydroxylation sites is 1. The van der Waals surface area contributed by atoms with Gasteiger partial charge in [-0.25, -0.2) is 0 Å². The lowest BCUT2D eigenvalue weighted by Crippen LogP contribution is -2.42. The minimum atomic E-state index is -0.325. The molecule has 1 amide bonds. The predicted octanol–water partition coefficient (Wildman–Crippen LogP) is 2.61. The fourth-order valence-corrected chi connectivity index (χ4v) is 3.77. The summed E-state index contributed by atoms with van der Waals surface area (Å²) in [7, 11) is 0. The van der Waals surface area contributed by atoms with Crippen LogP contribution in [0.2, 0.25) is 0 Å². The lowest BCUT2D eigenvalue weighted by molar-refractivity contribution is -0.134. The van der Waals surface area contributed by atoms with Gasteiger partial charge in [0.05, 0.1) is 24.9 Å². The number of phenolic OH excluding ortho intramolecular Hbond substituents is 1. The Balaban J connectivity index is 1.99. The Morgan fingerprint density at radius 2 is 2.19 bits per heavy atom. The van der Waals surface area contributed by atoms with Crippen LogP contribution < -0.4 is 11.5 Å². The van der Waals surface area contributed by atoms with Gasteiger partial charge < -0.3 is 31.2 Å². The second kappa shape index (κ2) is 7.89. The number of nitrogens with zero attached hydrogens (tertiary/aromatic N) is 1. The number of H-pyrrole nitrogens is 1. The summed E-state index contributed by atoms with van der Waals surface area (Å²) in [6.07, 6.45) is 2.97. The molecule has 0 saturated carbocycles. The molecule has 8 heteroatoms. The molecule has 1 aromatic carbocycles. The van der Waals surface area contributed by atoms with Gasteiger partial charge in [0.2, 0.25) is 5.91 Å². The molecule has 0 spiro atoms. The molecule has 6 N–H and O–H groups in total. The van der Waals surface area contributed by atoms with E-state index in [2.05, 4.69) is 27.5 Å². The third-order valence-corrected chi connectivity index (χ3v) is 5.32. The third kappa shape index (κ3) is 3.72. The van der Waals surface area contributed by atoms with Gasteiger partial charge >= 0.3 is 0 Å². The van der Waals surface area contributed by atoms with E-state index in [1.165, 1.54) is 6.08 Å². The fraction of sp³-hybridized carbons (Fsp3) is 0.211. The molecule has 0 bridgehead atoms. The molecule has 2 aromatic rings. The number of anilines is 1. The predicted molar refractivity (Wildman–Crippen MR) is 109 cm³/mol. The number of rotatable bonds is 4. The van der Waals surface area contributed by atoms with Gasteiger partial charge in [0.1, 0.15) is 11.6 Å². The maximum atomic E-state index is 12.2. The Hall–Kier alpha value is -2.71. The van der Waals surface area contributed by atoms with Crippen molar-refractivity contribution in [3.8, 4) is 5.75 Å². The molecule has 27 heavy (non-hydrogen) atoms. The minimum Gasteiger partial charge on any atom is -0.507 e. The van der Waals surface area contributed by atoms with Crippen molar-refractivity contribution in [2.45, 2.75) is 6.04 Å². The molecule has 1 atom stereocenters. The van der Waals surface area contributed by atoms with Crippen molar-refractivity contribution in [1.82, 2.24) is 9.88 Å². The Morgan fingerprint density at radius 3 is 2.89 bits per heavy atom. The van der Waals surface area contributed by atoms with E-state index in [9.17, 15) is 9.90 Å². The van der Waals surface area contributed by atoms with Gasteiger partial charge in [0.25, 0.3) is 0 Å². The van der Waals surface area contributed by atoms with E-state index >= 15 is 0 Å². The van der Waals surface area contributed by atoms with Crippen molar-refractivity contribution in [3.63, 3.8) is 0 Å². The van der Waals surface area contributed by atoms with Gasteiger partial charge in [-0.15, -0.1) is 0 Å². The number of carbonyl (C=O) groups is 1. The van der Waals surface area contributed by atoms with Gasteiger partial charge in [-0.05, 0) is 40.2 Å². The average Bonchev–Trinajstić information content (AvgIpc) is 2.95. The minimum absolute atomic E-state index is 0.0835. The number of phenols is 1. The summed E-state index contributed by atoms with van der Waals surface area (Å²) >= 11 is 3.56. The second-order valence-electron chi connectivity index (χ2n) is 6.12. The summed E-state index contributed by atoms with van der Waals surface area (Å²) < 4.78 is 6.24. The zero-order valence-electron chi connectivity index (χ0n) is 14.6. The summed E-state index contributed by atoms with van der Waals surface area (Å²) in [5, 5.41) is 9.99. The number of ether oxygens (including phenoxy) is 1. The average molecular weight is 433 g/mol. The van der Waals surface area contributed by atoms with Crippen LogP contribution in [0.3, 0.4) is 0 Å². The molecule has 7 nitrogen and oxygen atoms in total. The highest BCUT2D eigenvalue weighted by molar-refractivity contribution is 9.10. The van der Waals surface area contributed by atoms with Gasteiger partial charge in [-0.3, -0.25) is 4.79 Å². The van der Waals surface area contributed by atoms with E-state index in [1.807, 2.05) is 0 Å². The van der Waals surface area contributed by atoms with E-state index in [-0.39, 0.29) is 17.7 Å². The number of amides is 1. The number of aromatic amines is 1. The summed E-state index contributed by atoms with van der Waals surface area (Å²) in [6, 6.07) is 6.47. The number of nitrogen functional groups attached to an aromatic ring is 1. The molecule has 3 rings (SSSR count). The van der Waals surface area contributed by atoms with Crippen LogP contribution in [0.5, 0.6) is 5.75 Å². The Labute approximate surface area is 165 Å². The molecule has 1 saturated heterocycles. The molecule has 1 fully saturated rings. The maximum absolute atomic E-state index is 12.2. The number of hydrogen-bond donors (Lipinski definition) is 4. The zero-order chi connectivity index (χ0) is 19.6. The van der Waals surface area contributed by atoms with Gasteiger partial charge in [-0.1, -0.05) is 18.7 Å². The van der Waals surface area contributed by atoms with Crippen molar-refractivity contribution in [3.05, 3.63) is 58.2 Å². The first-order valence-electron chi connectivity index (χ1n) is 8.37. The molecule has 1 aromatic heterocycles. The molecule has 142 valence electrons. The highest BCUT2D eigenvalue weighted by Gasteiger charge is 2.31. The number of benzene rings is 1. The molecule has 0 radical (unpaired) electrons. The summed E-state index contributed by atoms with van der Waals surface area (Å²) in [6.45, 7) is 4.84. The van der Waals surface area contributed by atoms with E-state index in [1.54, 1.807) is 35.2 Å². The normalized spacial score (nSPS) is 17.7. The Bertz CT molecular complexity index is 906. The zero-order valence-corrected chi connectivity index (χ0v) is 16.2. The van der Waals surface area contributed by atoms with Gasteiger partial charge in [0, 0.05) is 27.8 Å². The second-order valence-corrected chi connectivity index (χ2v) is 6.92. The fourth-order valence-electron chi connectivity index (χ4n) is 3.08. The summed E-state index contributed by atoms with van der Waals surface area (Å²) in [4.78, 5) is 17.0. The van der Waals surface area contributed by atoms with Crippen molar-refractivity contribution in [2.75, 3.05) is 25.5 Å². The third-order valence-electron chi connectivity index (χ3n) is 4.47. The highest BCUT2D eigenvalue weighted by atomic mass is 79.9. The van der Waals surface area contributed by atoms with Crippen LogP contribution in [0.1, 0.15) is 22.9 Å². The number of nitrogens with two attached hydrogens (primary N) is 2. The lowest BCUT2D eigenvalue weighted by Gasteiger charge is -2.34. The molecular weight excluding hydrogens is 412 g/mol. The molecular formula is C19H21BrN4O3. The number of hydrogen-bond acceptors (Lipinski definition) is 5. The van der Waals surface area contributed by atoms with Crippen molar-refractivity contribution < 1.29 is 14.6 Å². The number of nitrogens with one attached hydrogen (secondary N) is 1. The quantitative estimate of drug-likeness (QED) is 0.553. The molecule has 1 unspecified atom stereocenters. The molecule has 0 aliphatic carbocycles. The lowest BCUT2D eigenvalue weighted by atomic mass is 10.1. The van der Waals surface area contributed by atoms with Crippen molar-refractivity contribution >= 4 is 39.4 Å². The summed E-state index contributed by atoms with van der Waals surface area (Å²) in [5.41, 5.74) is 14.6. The van der Waals surface area contributed by atoms with E-state index < -0.39 is 0 Å². The topological polar surface area (TPSA) is 118 Å². The first kappa shape index (κ1) is 19.1. The van der Waals surface area contributed by atoms with Crippen LogP contribution in [0.15, 0.2) is 41.4 Å². The Kier molecular flexibility index (Phi) is 5.57. The van der Waals surface area contributed by atoms with Crippen LogP contribution in [-0.2, 0) is 9.53 Å². The highest BCUT2D eigenvalue weighted by Crippen LogP contribution is 2.37. The van der Waals surface area contributed by atoms with E-state index in [0.29, 0.717) is 46.9 Å². The summed E-state index contributed by atoms with van der Waals surface area (Å²) in [5.74, 6) is 0.307. The van der Waals surface area contributed by atoms with Crippen LogP contribution in [0.4, 0.5) is 5.82 Å². The monoisotopic (exact) mass is 432 g/mol. The first-order chi connectivity index (χ1) is 12.9. The first-order valence-corrected chi connectivity index (χ1v) is 9.16. The number of halogens is 1. The van der Waals surface area contributed by atoms with Gasteiger partial charge in [0.15, 0.2) is 0 Å². The number of carbonyl (C=O) groups excluding carboxylic acids is 1. The maximum Gasteiger partial charge on any atom is 0.246 e. The molecule has 1 aliphatic rings. The van der Waals surface area contributed by atoms with Crippen LogP contribution >= 0.6 is 15.9 Å². The van der Waals surface area contributed by atoms with Crippen molar-refractivity contribution in [2.24, 2.45) is 5.73 Å². The van der Waals surface area contributed by atoms with E-state index in [0.717, 1.165) is 5.69 Å². The van der Waals surface area contributed by atoms with Crippen LogP contribution in [0.25, 0.3) is 11.8 Å². The number of aromatic hydroxyl groups is 1. The largest absolute Gasteiger partial charge is 0.507 e. The van der Waals surface area contributed by atoms with Crippen LogP contribution in [-0.4, -0.2) is 40.7 Å². The van der Waals surface area contributed by atoms with E-state index in [4.69, 9.17) is 16.2 Å².